The van der Waals surface area contributed by atoms with Crippen molar-refractivity contribution < 1.29 is 4.74 Å². The van der Waals surface area contributed by atoms with Crippen LogP contribution in [0.25, 0.3) is 0 Å². The van der Waals surface area contributed by atoms with Gasteiger partial charge in [0.25, 0.3) is 0 Å². The molecule has 0 aliphatic rings. The van der Waals surface area contributed by atoms with Crippen LogP contribution in [0.4, 0.5) is 0 Å². The standard InChI is InChI=1S/C13H29NO/c1-5-9-10-13(6-2,11-14-7-3)12-15-8-4/h14H,5-12H2,1-4H3. The Morgan fingerprint density at radius 2 is 1.87 bits per heavy atom. The average Bonchev–Trinajstić information content (AvgIpc) is 2.29. The maximum Gasteiger partial charge on any atom is 0.0534 e. The van der Waals surface area contributed by atoms with E-state index in [0.717, 1.165) is 26.3 Å². The van der Waals surface area contributed by atoms with E-state index in [1.54, 1.807) is 0 Å². The van der Waals surface area contributed by atoms with E-state index < -0.39 is 0 Å². The Morgan fingerprint density at radius 3 is 2.33 bits per heavy atom. The monoisotopic (exact) mass is 215 g/mol. The fraction of sp³-hybridized carbons (Fsp3) is 1.00. The van der Waals surface area contributed by atoms with Gasteiger partial charge < -0.3 is 10.1 Å². The highest BCUT2D eigenvalue weighted by atomic mass is 16.5. The largest absolute Gasteiger partial charge is 0.381 e. The van der Waals surface area contributed by atoms with Crippen molar-refractivity contribution >= 4 is 0 Å². The summed E-state index contributed by atoms with van der Waals surface area (Å²) in [5.74, 6) is 0. The third-order valence-electron chi connectivity index (χ3n) is 3.17. The Kier molecular flexibility index (Phi) is 9.12. The minimum Gasteiger partial charge on any atom is -0.381 e. The van der Waals surface area contributed by atoms with Crippen LogP contribution in [0.5, 0.6) is 0 Å². The van der Waals surface area contributed by atoms with Gasteiger partial charge in [-0.15, -0.1) is 0 Å². The molecule has 0 amide bonds. The van der Waals surface area contributed by atoms with Crippen LogP contribution in [0, 0.1) is 5.41 Å². The number of nitrogens with one attached hydrogen (secondary N) is 1. The van der Waals surface area contributed by atoms with Crippen LogP contribution in [0.2, 0.25) is 0 Å². The number of hydrogen-bond donors (Lipinski definition) is 1. The Balaban J connectivity index is 4.16. The van der Waals surface area contributed by atoms with Crippen LogP contribution in [0.3, 0.4) is 0 Å². The minimum atomic E-state index is 0.363. The minimum absolute atomic E-state index is 0.363. The maximum absolute atomic E-state index is 5.64. The predicted molar refractivity (Wildman–Crippen MR) is 67.3 cm³/mol. The first-order chi connectivity index (χ1) is 7.24. The molecule has 92 valence electrons. The molecule has 0 aliphatic heterocycles. The van der Waals surface area contributed by atoms with Gasteiger partial charge in [-0.1, -0.05) is 33.6 Å². The lowest BCUT2D eigenvalue weighted by molar-refractivity contribution is 0.0405. The molecule has 0 saturated heterocycles. The van der Waals surface area contributed by atoms with E-state index in [1.807, 2.05) is 0 Å². The van der Waals surface area contributed by atoms with Crippen molar-refractivity contribution in [3.8, 4) is 0 Å². The van der Waals surface area contributed by atoms with Gasteiger partial charge in [0.1, 0.15) is 0 Å². The van der Waals surface area contributed by atoms with Crippen molar-refractivity contribution in [3.63, 3.8) is 0 Å². The lowest BCUT2D eigenvalue weighted by Gasteiger charge is -2.32. The van der Waals surface area contributed by atoms with Crippen LogP contribution < -0.4 is 5.32 Å². The van der Waals surface area contributed by atoms with E-state index in [1.165, 1.54) is 25.7 Å². The van der Waals surface area contributed by atoms with Gasteiger partial charge in [0.15, 0.2) is 0 Å². The maximum atomic E-state index is 5.64. The van der Waals surface area contributed by atoms with Gasteiger partial charge in [0.05, 0.1) is 6.61 Å². The Morgan fingerprint density at radius 1 is 1.13 bits per heavy atom. The fourth-order valence-corrected chi connectivity index (χ4v) is 1.88. The van der Waals surface area contributed by atoms with Crippen molar-refractivity contribution in [1.29, 1.82) is 0 Å². The van der Waals surface area contributed by atoms with Crippen LogP contribution in [-0.4, -0.2) is 26.3 Å². The summed E-state index contributed by atoms with van der Waals surface area (Å²) in [6.07, 6.45) is 5.08. The molecule has 15 heavy (non-hydrogen) atoms. The molecule has 0 bridgehead atoms. The molecule has 2 heteroatoms. The highest BCUT2D eigenvalue weighted by Crippen LogP contribution is 2.28. The first kappa shape index (κ1) is 14.9. The molecule has 0 rings (SSSR count). The number of ether oxygens (including phenoxy) is 1. The molecule has 0 heterocycles. The Bertz CT molecular complexity index is 115. The lowest BCUT2D eigenvalue weighted by atomic mass is 9.81. The molecule has 0 saturated carbocycles. The zero-order valence-corrected chi connectivity index (χ0v) is 11.1. The number of rotatable bonds is 10. The normalized spacial score (nSPS) is 15.2. The zero-order chi connectivity index (χ0) is 11.6. The molecule has 0 fully saturated rings. The van der Waals surface area contributed by atoms with Crippen molar-refractivity contribution in [2.45, 2.75) is 53.4 Å². The summed E-state index contributed by atoms with van der Waals surface area (Å²) < 4.78 is 5.64. The van der Waals surface area contributed by atoms with Gasteiger partial charge in [-0.05, 0) is 26.3 Å². The second kappa shape index (κ2) is 9.17. The topological polar surface area (TPSA) is 21.3 Å². The van der Waals surface area contributed by atoms with Crippen molar-refractivity contribution in [1.82, 2.24) is 5.32 Å². The molecule has 1 N–H and O–H groups in total. The first-order valence-electron chi connectivity index (χ1n) is 6.53. The van der Waals surface area contributed by atoms with Gasteiger partial charge >= 0.3 is 0 Å². The first-order valence-corrected chi connectivity index (χ1v) is 6.53. The second-order valence-corrected chi connectivity index (χ2v) is 4.37. The number of unbranched alkanes of at least 4 members (excludes halogenated alkanes) is 1. The molecular formula is C13H29NO. The third-order valence-corrected chi connectivity index (χ3v) is 3.17. The van der Waals surface area contributed by atoms with Crippen LogP contribution in [-0.2, 0) is 4.74 Å². The fourth-order valence-electron chi connectivity index (χ4n) is 1.88. The molecule has 0 radical (unpaired) electrons. The van der Waals surface area contributed by atoms with E-state index in [2.05, 4.69) is 33.0 Å². The van der Waals surface area contributed by atoms with E-state index in [9.17, 15) is 0 Å². The summed E-state index contributed by atoms with van der Waals surface area (Å²) in [5.41, 5.74) is 0.363. The van der Waals surface area contributed by atoms with Gasteiger partial charge in [0.2, 0.25) is 0 Å². The molecule has 0 spiro atoms. The highest BCUT2D eigenvalue weighted by Gasteiger charge is 2.27. The van der Waals surface area contributed by atoms with Gasteiger partial charge in [-0.25, -0.2) is 0 Å². The van der Waals surface area contributed by atoms with E-state index in [-0.39, 0.29) is 0 Å². The van der Waals surface area contributed by atoms with Gasteiger partial charge in [-0.2, -0.15) is 0 Å². The number of hydrogen-bond acceptors (Lipinski definition) is 2. The quantitative estimate of drug-likeness (QED) is 0.604. The molecule has 0 aliphatic carbocycles. The van der Waals surface area contributed by atoms with Gasteiger partial charge in [0, 0.05) is 18.6 Å². The lowest BCUT2D eigenvalue weighted by Crippen LogP contribution is -2.38. The smallest absolute Gasteiger partial charge is 0.0534 e. The molecule has 0 aromatic rings. The summed E-state index contributed by atoms with van der Waals surface area (Å²) in [6.45, 7) is 12.7. The summed E-state index contributed by atoms with van der Waals surface area (Å²) in [6, 6.07) is 0. The molecular weight excluding hydrogens is 186 g/mol. The summed E-state index contributed by atoms with van der Waals surface area (Å²) in [5, 5.41) is 3.48. The van der Waals surface area contributed by atoms with Gasteiger partial charge in [-0.3, -0.25) is 0 Å². The van der Waals surface area contributed by atoms with Crippen molar-refractivity contribution in [2.75, 3.05) is 26.3 Å². The Hall–Kier alpha value is -0.0800. The molecule has 0 aromatic carbocycles. The molecule has 2 nitrogen and oxygen atoms in total. The Labute approximate surface area is 95.8 Å². The average molecular weight is 215 g/mol. The zero-order valence-electron chi connectivity index (χ0n) is 11.1. The van der Waals surface area contributed by atoms with Crippen LogP contribution in [0.15, 0.2) is 0 Å². The van der Waals surface area contributed by atoms with Crippen LogP contribution in [0.1, 0.15) is 53.4 Å². The molecule has 1 atom stereocenters. The van der Waals surface area contributed by atoms with E-state index in [0.29, 0.717) is 5.41 Å². The summed E-state index contributed by atoms with van der Waals surface area (Å²) in [4.78, 5) is 0. The second-order valence-electron chi connectivity index (χ2n) is 4.37. The SMILES string of the molecule is CCCCC(CC)(CNCC)COCC. The summed E-state index contributed by atoms with van der Waals surface area (Å²) in [7, 11) is 0. The highest BCUT2D eigenvalue weighted by molar-refractivity contribution is 4.80. The molecule has 1 unspecified atom stereocenters. The van der Waals surface area contributed by atoms with Crippen molar-refractivity contribution in [2.24, 2.45) is 5.41 Å². The van der Waals surface area contributed by atoms with E-state index in [4.69, 9.17) is 4.74 Å². The van der Waals surface area contributed by atoms with Crippen LogP contribution >= 0.6 is 0 Å². The molecule has 0 aromatic heterocycles. The van der Waals surface area contributed by atoms with Crippen molar-refractivity contribution in [3.05, 3.63) is 0 Å². The summed E-state index contributed by atoms with van der Waals surface area (Å²) >= 11 is 0. The van der Waals surface area contributed by atoms with E-state index >= 15 is 0 Å². The third kappa shape index (κ3) is 6.16. The predicted octanol–water partition coefficient (Wildman–Crippen LogP) is 3.22.